The van der Waals surface area contributed by atoms with E-state index in [4.69, 9.17) is 15.2 Å². The van der Waals surface area contributed by atoms with E-state index >= 15 is 0 Å². The highest BCUT2D eigenvalue weighted by atomic mass is 16.5. The zero-order valence-electron chi connectivity index (χ0n) is 10.2. The van der Waals surface area contributed by atoms with E-state index in [1.165, 1.54) is 0 Å². The summed E-state index contributed by atoms with van der Waals surface area (Å²) in [7, 11) is 1.56. The molecule has 0 atom stereocenters. The van der Waals surface area contributed by atoms with Crippen molar-refractivity contribution in [3.05, 3.63) is 18.2 Å². The maximum Gasteiger partial charge on any atom is 0.307 e. The first-order valence-corrected chi connectivity index (χ1v) is 5.50. The van der Waals surface area contributed by atoms with Crippen LogP contribution < -0.4 is 15.8 Å². The fourth-order valence-electron chi connectivity index (χ4n) is 1.36. The lowest BCUT2D eigenvalue weighted by Gasteiger charge is -2.09. The van der Waals surface area contributed by atoms with Gasteiger partial charge in [0.15, 0.2) is 0 Å². The van der Waals surface area contributed by atoms with Crippen LogP contribution in [0.15, 0.2) is 18.2 Å². The highest BCUT2D eigenvalue weighted by Crippen LogP contribution is 2.24. The molecule has 0 amide bonds. The van der Waals surface area contributed by atoms with E-state index < -0.39 is 0 Å². The number of carbonyl (C=O) groups is 1. The second-order valence-corrected chi connectivity index (χ2v) is 3.44. The van der Waals surface area contributed by atoms with Gasteiger partial charge in [0.25, 0.3) is 0 Å². The van der Waals surface area contributed by atoms with E-state index in [1.54, 1.807) is 26.2 Å². The Kier molecular flexibility index (Phi) is 5.13. The first-order valence-electron chi connectivity index (χ1n) is 5.50. The number of hydrogen-bond donors (Lipinski definition) is 2. The number of rotatable bonds is 6. The standard InChI is InChI=1S/C12H18N2O3/c1-3-17-12(15)6-7-14-9-4-5-10(13)11(8-9)16-2/h4-5,8,14H,3,6-7,13H2,1-2H3. The number of esters is 1. The van der Waals surface area contributed by atoms with Crippen LogP contribution in [0.4, 0.5) is 11.4 Å². The summed E-state index contributed by atoms with van der Waals surface area (Å²) in [6.45, 7) is 2.72. The van der Waals surface area contributed by atoms with Gasteiger partial charge in [-0.1, -0.05) is 0 Å². The Morgan fingerprint density at radius 1 is 1.47 bits per heavy atom. The van der Waals surface area contributed by atoms with E-state index in [1.807, 2.05) is 6.07 Å². The molecular weight excluding hydrogens is 220 g/mol. The summed E-state index contributed by atoms with van der Waals surface area (Å²) in [5.41, 5.74) is 7.14. The van der Waals surface area contributed by atoms with E-state index in [0.717, 1.165) is 5.69 Å². The van der Waals surface area contributed by atoms with Crippen molar-refractivity contribution in [1.29, 1.82) is 0 Å². The summed E-state index contributed by atoms with van der Waals surface area (Å²) in [5.74, 6) is 0.411. The average Bonchev–Trinajstić information content (AvgIpc) is 2.31. The number of benzene rings is 1. The summed E-state index contributed by atoms with van der Waals surface area (Å²) in [6.07, 6.45) is 0.334. The minimum atomic E-state index is -0.206. The monoisotopic (exact) mass is 238 g/mol. The van der Waals surface area contributed by atoms with Crippen molar-refractivity contribution in [2.45, 2.75) is 13.3 Å². The van der Waals surface area contributed by atoms with Gasteiger partial charge in [0.2, 0.25) is 0 Å². The summed E-state index contributed by atoms with van der Waals surface area (Å²) in [5, 5.41) is 3.10. The van der Waals surface area contributed by atoms with Crippen LogP contribution in [-0.4, -0.2) is 26.2 Å². The van der Waals surface area contributed by atoms with Crippen LogP contribution in [-0.2, 0) is 9.53 Å². The molecule has 0 unspecified atom stereocenters. The van der Waals surface area contributed by atoms with Crippen molar-refractivity contribution < 1.29 is 14.3 Å². The van der Waals surface area contributed by atoms with Crippen molar-refractivity contribution in [1.82, 2.24) is 0 Å². The second kappa shape index (κ2) is 6.62. The molecule has 0 heterocycles. The number of anilines is 2. The summed E-state index contributed by atoms with van der Waals surface area (Å²) in [4.78, 5) is 11.1. The van der Waals surface area contributed by atoms with Gasteiger partial charge in [0.1, 0.15) is 5.75 Å². The van der Waals surface area contributed by atoms with Crippen LogP contribution in [0.1, 0.15) is 13.3 Å². The number of nitrogen functional groups attached to an aromatic ring is 1. The molecule has 3 N–H and O–H groups in total. The summed E-state index contributed by atoms with van der Waals surface area (Å²) >= 11 is 0. The van der Waals surface area contributed by atoms with Gasteiger partial charge in [-0.2, -0.15) is 0 Å². The topological polar surface area (TPSA) is 73.6 Å². The molecule has 0 bridgehead atoms. The zero-order chi connectivity index (χ0) is 12.7. The third-order valence-electron chi connectivity index (χ3n) is 2.20. The molecule has 0 aliphatic rings. The van der Waals surface area contributed by atoms with Crippen molar-refractivity contribution in [2.24, 2.45) is 0 Å². The fraction of sp³-hybridized carbons (Fsp3) is 0.417. The lowest BCUT2D eigenvalue weighted by atomic mass is 10.2. The minimum absolute atomic E-state index is 0.206. The van der Waals surface area contributed by atoms with Gasteiger partial charge in [-0.25, -0.2) is 0 Å². The Bertz CT molecular complexity index is 380. The van der Waals surface area contributed by atoms with Crippen molar-refractivity contribution in [3.63, 3.8) is 0 Å². The highest BCUT2D eigenvalue weighted by molar-refractivity contribution is 5.70. The molecule has 0 aliphatic carbocycles. The highest BCUT2D eigenvalue weighted by Gasteiger charge is 2.03. The van der Waals surface area contributed by atoms with Gasteiger partial charge < -0.3 is 20.5 Å². The molecule has 5 heteroatoms. The number of nitrogens with one attached hydrogen (secondary N) is 1. The average molecular weight is 238 g/mol. The molecule has 0 fully saturated rings. The van der Waals surface area contributed by atoms with Gasteiger partial charge in [-0.15, -0.1) is 0 Å². The molecule has 1 rings (SSSR count). The maximum absolute atomic E-state index is 11.1. The van der Waals surface area contributed by atoms with Crippen LogP contribution in [0.3, 0.4) is 0 Å². The Hall–Kier alpha value is -1.91. The smallest absolute Gasteiger partial charge is 0.307 e. The van der Waals surface area contributed by atoms with Crippen molar-refractivity contribution in [2.75, 3.05) is 31.3 Å². The minimum Gasteiger partial charge on any atom is -0.495 e. The number of carbonyl (C=O) groups excluding carboxylic acids is 1. The lowest BCUT2D eigenvalue weighted by Crippen LogP contribution is -2.11. The number of hydrogen-bond acceptors (Lipinski definition) is 5. The third-order valence-corrected chi connectivity index (χ3v) is 2.20. The van der Waals surface area contributed by atoms with Crippen LogP contribution in [0.5, 0.6) is 5.75 Å². The Balaban J connectivity index is 2.44. The third kappa shape index (κ3) is 4.22. The molecule has 1 aromatic rings. The van der Waals surface area contributed by atoms with E-state index in [-0.39, 0.29) is 5.97 Å². The molecular formula is C12H18N2O3. The molecule has 0 aromatic heterocycles. The molecule has 17 heavy (non-hydrogen) atoms. The summed E-state index contributed by atoms with van der Waals surface area (Å²) in [6, 6.07) is 5.38. The molecule has 94 valence electrons. The predicted molar refractivity (Wildman–Crippen MR) is 67.1 cm³/mol. The number of nitrogens with two attached hydrogens (primary N) is 1. The Labute approximate surface area is 101 Å². The number of ether oxygens (including phenoxy) is 2. The molecule has 0 saturated carbocycles. The SMILES string of the molecule is CCOC(=O)CCNc1ccc(N)c(OC)c1. The fourth-order valence-corrected chi connectivity index (χ4v) is 1.36. The molecule has 0 aliphatic heterocycles. The van der Waals surface area contributed by atoms with Crippen LogP contribution in [0.25, 0.3) is 0 Å². The first-order chi connectivity index (χ1) is 8.17. The molecule has 1 aromatic carbocycles. The van der Waals surface area contributed by atoms with Gasteiger partial charge in [0, 0.05) is 18.3 Å². The normalized spacial score (nSPS) is 9.76. The number of methoxy groups -OCH3 is 1. The van der Waals surface area contributed by atoms with Crippen molar-refractivity contribution >= 4 is 17.3 Å². The Morgan fingerprint density at radius 2 is 2.24 bits per heavy atom. The van der Waals surface area contributed by atoms with Crippen LogP contribution >= 0.6 is 0 Å². The van der Waals surface area contributed by atoms with E-state index in [9.17, 15) is 4.79 Å². The molecule has 0 radical (unpaired) electrons. The van der Waals surface area contributed by atoms with Gasteiger partial charge in [-0.3, -0.25) is 4.79 Å². The Morgan fingerprint density at radius 3 is 2.88 bits per heavy atom. The molecule has 0 saturated heterocycles. The van der Waals surface area contributed by atoms with Crippen molar-refractivity contribution in [3.8, 4) is 5.75 Å². The van der Waals surface area contributed by atoms with Gasteiger partial charge >= 0.3 is 5.97 Å². The maximum atomic E-state index is 11.1. The predicted octanol–water partition coefficient (Wildman–Crippen LogP) is 1.64. The second-order valence-electron chi connectivity index (χ2n) is 3.44. The van der Waals surface area contributed by atoms with E-state index in [2.05, 4.69) is 5.32 Å². The molecule has 5 nitrogen and oxygen atoms in total. The quantitative estimate of drug-likeness (QED) is 0.582. The lowest BCUT2D eigenvalue weighted by molar-refractivity contribution is -0.142. The molecule has 0 spiro atoms. The van der Waals surface area contributed by atoms with Gasteiger partial charge in [-0.05, 0) is 19.1 Å². The van der Waals surface area contributed by atoms with Crippen LogP contribution in [0, 0.1) is 0 Å². The zero-order valence-corrected chi connectivity index (χ0v) is 10.2. The summed E-state index contributed by atoms with van der Waals surface area (Å²) < 4.78 is 9.92. The van der Waals surface area contributed by atoms with Gasteiger partial charge in [0.05, 0.1) is 25.8 Å². The largest absolute Gasteiger partial charge is 0.495 e. The van der Waals surface area contributed by atoms with E-state index in [0.29, 0.717) is 31.0 Å². The first kappa shape index (κ1) is 13.2. The van der Waals surface area contributed by atoms with Crippen LogP contribution in [0.2, 0.25) is 0 Å².